The van der Waals surface area contributed by atoms with Crippen molar-refractivity contribution < 1.29 is 24.2 Å². The van der Waals surface area contributed by atoms with Crippen molar-refractivity contribution in [3.8, 4) is 5.69 Å². The Morgan fingerprint density at radius 3 is 2.72 bits per heavy atom. The lowest BCUT2D eigenvalue weighted by Crippen LogP contribution is -2.17. The summed E-state index contributed by atoms with van der Waals surface area (Å²) in [5.74, 6) is -2.04. The van der Waals surface area contributed by atoms with E-state index in [1.54, 1.807) is 36.4 Å². The highest BCUT2D eigenvalue weighted by Gasteiger charge is 2.16. The maximum absolute atomic E-state index is 12.3. The molecule has 0 aliphatic carbocycles. The summed E-state index contributed by atoms with van der Waals surface area (Å²) in [6.07, 6.45) is 0. The molecule has 0 bridgehead atoms. The first kappa shape index (κ1) is 20.0. The summed E-state index contributed by atoms with van der Waals surface area (Å²) in [4.78, 5) is 35.3. The number of anilines is 1. The number of carbonyl (C=O) groups excluding carboxylic acids is 2. The zero-order valence-electron chi connectivity index (χ0n) is 15.1. The number of thioether (sulfide) groups is 1. The molecule has 148 valence electrons. The number of ether oxygens (including phenoxy) is 1. The van der Waals surface area contributed by atoms with Crippen molar-refractivity contribution in [1.82, 2.24) is 20.2 Å². The van der Waals surface area contributed by atoms with Gasteiger partial charge in [-0.25, -0.2) is 9.59 Å². The fraction of sp³-hybridized carbons (Fsp3) is 0.111. The van der Waals surface area contributed by atoms with E-state index < -0.39 is 11.9 Å². The lowest BCUT2D eigenvalue weighted by atomic mass is 10.2. The highest BCUT2D eigenvalue weighted by molar-refractivity contribution is 7.99. The third-order valence-corrected chi connectivity index (χ3v) is 4.64. The van der Waals surface area contributed by atoms with E-state index in [1.165, 1.54) is 23.9 Å². The predicted octanol–water partition coefficient (Wildman–Crippen LogP) is 1.88. The van der Waals surface area contributed by atoms with Crippen LogP contribution in [0.5, 0.6) is 0 Å². The molecule has 2 aromatic carbocycles. The summed E-state index contributed by atoms with van der Waals surface area (Å²) in [5.41, 5.74) is 1.11. The SMILES string of the molecule is COC(=O)c1ccccc1NC(=O)CSc1nnnn1-c1cccc(C(=O)O)c1. The van der Waals surface area contributed by atoms with E-state index in [0.29, 0.717) is 16.5 Å². The largest absolute Gasteiger partial charge is 0.478 e. The molecule has 11 heteroatoms. The molecule has 0 aliphatic heterocycles. The maximum atomic E-state index is 12.3. The van der Waals surface area contributed by atoms with Gasteiger partial charge in [-0.15, -0.1) is 5.10 Å². The van der Waals surface area contributed by atoms with Crippen molar-refractivity contribution in [2.24, 2.45) is 0 Å². The number of amides is 1. The summed E-state index contributed by atoms with van der Waals surface area (Å²) in [7, 11) is 1.26. The average Bonchev–Trinajstić information content (AvgIpc) is 3.21. The molecule has 3 aromatic rings. The number of carboxylic acids is 1. The van der Waals surface area contributed by atoms with Gasteiger partial charge < -0.3 is 15.2 Å². The summed E-state index contributed by atoms with van der Waals surface area (Å²) in [5, 5.41) is 23.4. The van der Waals surface area contributed by atoms with E-state index in [1.807, 2.05) is 0 Å². The Kier molecular flexibility index (Phi) is 6.19. The smallest absolute Gasteiger partial charge is 0.339 e. The molecule has 0 radical (unpaired) electrons. The van der Waals surface area contributed by atoms with E-state index in [0.717, 1.165) is 11.8 Å². The maximum Gasteiger partial charge on any atom is 0.339 e. The minimum atomic E-state index is -1.07. The van der Waals surface area contributed by atoms with Crippen LogP contribution in [0.15, 0.2) is 53.7 Å². The number of hydrogen-bond acceptors (Lipinski definition) is 8. The second kappa shape index (κ2) is 8.97. The number of rotatable bonds is 7. The number of tetrazole rings is 1. The molecule has 3 rings (SSSR count). The number of para-hydroxylation sites is 1. The molecular formula is C18H15N5O5S. The van der Waals surface area contributed by atoms with E-state index in [-0.39, 0.29) is 22.8 Å². The molecule has 0 unspecified atom stereocenters. The van der Waals surface area contributed by atoms with Gasteiger partial charge in [0.15, 0.2) is 0 Å². The van der Waals surface area contributed by atoms with Crippen LogP contribution in [0, 0.1) is 0 Å². The van der Waals surface area contributed by atoms with Gasteiger partial charge in [-0.1, -0.05) is 30.0 Å². The van der Waals surface area contributed by atoms with E-state index >= 15 is 0 Å². The predicted molar refractivity (Wildman–Crippen MR) is 103 cm³/mol. The van der Waals surface area contributed by atoms with Gasteiger partial charge in [0.1, 0.15) is 0 Å². The lowest BCUT2D eigenvalue weighted by Gasteiger charge is -2.09. The molecule has 0 fully saturated rings. The van der Waals surface area contributed by atoms with Gasteiger partial charge in [0.2, 0.25) is 11.1 Å². The van der Waals surface area contributed by atoms with Gasteiger partial charge in [0, 0.05) is 0 Å². The Morgan fingerprint density at radius 2 is 1.97 bits per heavy atom. The van der Waals surface area contributed by atoms with Crippen molar-refractivity contribution in [2.75, 3.05) is 18.2 Å². The Balaban J connectivity index is 1.70. The summed E-state index contributed by atoms with van der Waals surface area (Å²) in [6, 6.07) is 12.6. The Morgan fingerprint density at radius 1 is 1.17 bits per heavy atom. The van der Waals surface area contributed by atoms with E-state index in [4.69, 9.17) is 9.84 Å². The number of aromatic carboxylic acids is 1. The molecule has 0 spiro atoms. The number of methoxy groups -OCH3 is 1. The highest BCUT2D eigenvalue weighted by Crippen LogP contribution is 2.21. The van der Waals surface area contributed by atoms with Gasteiger partial charge in [0.05, 0.1) is 35.4 Å². The van der Waals surface area contributed by atoms with Gasteiger partial charge in [-0.05, 0) is 40.8 Å². The molecule has 1 amide bonds. The van der Waals surface area contributed by atoms with Crippen LogP contribution in [0.25, 0.3) is 5.69 Å². The Labute approximate surface area is 168 Å². The van der Waals surface area contributed by atoms with Crippen LogP contribution in [-0.4, -0.2) is 56.0 Å². The second-order valence-corrected chi connectivity index (χ2v) is 6.55. The van der Waals surface area contributed by atoms with Crippen molar-refractivity contribution >= 4 is 35.3 Å². The first-order valence-electron chi connectivity index (χ1n) is 8.21. The number of esters is 1. The third kappa shape index (κ3) is 4.76. The number of carboxylic acid groups (broad SMARTS) is 1. The zero-order chi connectivity index (χ0) is 20.8. The van der Waals surface area contributed by atoms with Gasteiger partial charge in [-0.3, -0.25) is 4.79 Å². The normalized spacial score (nSPS) is 10.4. The quantitative estimate of drug-likeness (QED) is 0.439. The third-order valence-electron chi connectivity index (χ3n) is 3.72. The van der Waals surface area contributed by atoms with Crippen LogP contribution in [0.2, 0.25) is 0 Å². The molecule has 0 aliphatic rings. The monoisotopic (exact) mass is 413 g/mol. The number of nitrogens with zero attached hydrogens (tertiary/aromatic N) is 4. The minimum Gasteiger partial charge on any atom is -0.478 e. The number of aromatic nitrogens is 4. The molecule has 0 saturated heterocycles. The van der Waals surface area contributed by atoms with Crippen molar-refractivity contribution in [2.45, 2.75) is 5.16 Å². The molecule has 2 N–H and O–H groups in total. The van der Waals surface area contributed by atoms with Crippen molar-refractivity contribution in [3.63, 3.8) is 0 Å². The summed E-state index contributed by atoms with van der Waals surface area (Å²) < 4.78 is 6.04. The Bertz CT molecular complexity index is 1070. The number of benzene rings is 2. The van der Waals surface area contributed by atoms with Crippen LogP contribution in [0.3, 0.4) is 0 Å². The molecule has 0 saturated carbocycles. The lowest BCUT2D eigenvalue weighted by molar-refractivity contribution is -0.113. The van der Waals surface area contributed by atoms with E-state index in [2.05, 4.69) is 20.8 Å². The van der Waals surface area contributed by atoms with Crippen LogP contribution < -0.4 is 5.32 Å². The number of nitrogens with one attached hydrogen (secondary N) is 1. The Hall–Kier alpha value is -3.73. The van der Waals surface area contributed by atoms with Crippen molar-refractivity contribution in [3.05, 3.63) is 59.7 Å². The minimum absolute atomic E-state index is 0.0332. The standard InChI is InChI=1S/C18H15N5O5S/c1-28-17(27)13-7-2-3-8-14(13)19-15(24)10-29-18-20-21-22-23(18)12-6-4-5-11(9-12)16(25)26/h2-9H,10H2,1H3,(H,19,24)(H,25,26). The van der Waals surface area contributed by atoms with Gasteiger partial charge in [0.25, 0.3) is 0 Å². The zero-order valence-corrected chi connectivity index (χ0v) is 15.9. The molecule has 1 heterocycles. The van der Waals surface area contributed by atoms with Crippen LogP contribution >= 0.6 is 11.8 Å². The fourth-order valence-electron chi connectivity index (χ4n) is 2.40. The molecule has 29 heavy (non-hydrogen) atoms. The highest BCUT2D eigenvalue weighted by atomic mass is 32.2. The molecular weight excluding hydrogens is 398 g/mol. The number of hydrogen-bond donors (Lipinski definition) is 2. The first-order chi connectivity index (χ1) is 14.0. The molecule has 0 atom stereocenters. The second-order valence-electron chi connectivity index (χ2n) is 5.60. The summed E-state index contributed by atoms with van der Waals surface area (Å²) >= 11 is 1.06. The van der Waals surface area contributed by atoms with Crippen LogP contribution in [-0.2, 0) is 9.53 Å². The average molecular weight is 413 g/mol. The topological polar surface area (TPSA) is 136 Å². The molecule has 10 nitrogen and oxygen atoms in total. The first-order valence-corrected chi connectivity index (χ1v) is 9.20. The van der Waals surface area contributed by atoms with Crippen LogP contribution in [0.1, 0.15) is 20.7 Å². The summed E-state index contributed by atoms with van der Waals surface area (Å²) in [6.45, 7) is 0. The van der Waals surface area contributed by atoms with Crippen LogP contribution in [0.4, 0.5) is 5.69 Å². The van der Waals surface area contributed by atoms with Crippen molar-refractivity contribution in [1.29, 1.82) is 0 Å². The fourth-order valence-corrected chi connectivity index (χ4v) is 3.09. The van der Waals surface area contributed by atoms with E-state index in [9.17, 15) is 14.4 Å². The molecule has 1 aromatic heterocycles. The number of carbonyl (C=O) groups is 3. The van der Waals surface area contributed by atoms with Gasteiger partial charge >= 0.3 is 11.9 Å². The van der Waals surface area contributed by atoms with Gasteiger partial charge in [-0.2, -0.15) is 4.68 Å².